The molecule has 4 heavy (non-hydrogen) atoms. The summed E-state index contributed by atoms with van der Waals surface area (Å²) in [5.41, 5.74) is 0. The van der Waals surface area contributed by atoms with Crippen LogP contribution in [0.25, 0.3) is 0 Å². The largest absolute Gasteiger partial charge is 0 e. The van der Waals surface area contributed by atoms with Crippen molar-refractivity contribution >= 4 is 143 Å². The molecule has 0 aromatic heterocycles. The summed E-state index contributed by atoms with van der Waals surface area (Å²) in [6.45, 7) is 0. The molecule has 0 aliphatic carbocycles. The first-order chi connectivity index (χ1) is 0. The standard InChI is InChI=1S/2Bi.2Sr. The first-order valence-electron chi connectivity index (χ1n) is 0. The van der Waals surface area contributed by atoms with Crippen LogP contribution < -0.4 is 0 Å². The van der Waals surface area contributed by atoms with Crippen molar-refractivity contribution in [2.75, 3.05) is 0 Å². The molecular formula is Bi2Sr2. The van der Waals surface area contributed by atoms with Gasteiger partial charge in [0.25, 0.3) is 0 Å². The maximum absolute atomic E-state index is 0. The summed E-state index contributed by atoms with van der Waals surface area (Å²) >= 11 is 0. The Labute approximate surface area is 139 Å². The average molecular weight is 593 g/mol. The van der Waals surface area contributed by atoms with Crippen LogP contribution in [-0.2, 0) is 0 Å². The fourth-order valence-corrected chi connectivity index (χ4v) is 0. The Morgan fingerprint density at radius 3 is 0.500 bits per heavy atom. The van der Waals surface area contributed by atoms with Crippen molar-refractivity contribution in [2.24, 2.45) is 0 Å². The van der Waals surface area contributed by atoms with Crippen molar-refractivity contribution in [3.8, 4) is 0 Å². The van der Waals surface area contributed by atoms with E-state index in [-0.39, 0.29) is 143 Å². The Hall–Kier alpha value is 4.73. The normalized spacial score (nSPS) is 0. The SMILES string of the molecule is [Bi].[Bi].[Sr].[Sr]. The molecule has 0 amide bonds. The van der Waals surface area contributed by atoms with Crippen LogP contribution in [0.2, 0.25) is 0 Å². The number of hydrogen-bond donors (Lipinski definition) is 0. The van der Waals surface area contributed by atoms with Crippen LogP contribution >= 0.6 is 0 Å². The van der Waals surface area contributed by atoms with E-state index in [9.17, 15) is 0 Å². The summed E-state index contributed by atoms with van der Waals surface area (Å²) in [6, 6.07) is 0. The van der Waals surface area contributed by atoms with Gasteiger partial charge in [0.05, 0.1) is 0 Å². The molecule has 0 nitrogen and oxygen atoms in total. The second kappa shape index (κ2) is 15.6. The Kier molecular flexibility index (Phi) is 91.2. The third-order valence-electron chi connectivity index (χ3n) is 0. The molecule has 0 aromatic carbocycles. The summed E-state index contributed by atoms with van der Waals surface area (Å²) in [7, 11) is 0. The summed E-state index contributed by atoms with van der Waals surface area (Å²) in [5.74, 6) is 0. The first kappa shape index (κ1) is 23.3. The van der Waals surface area contributed by atoms with Crippen LogP contribution in [0.5, 0.6) is 0 Å². The van der Waals surface area contributed by atoms with Crippen LogP contribution in [0, 0.1) is 0 Å². The van der Waals surface area contributed by atoms with Gasteiger partial charge >= 0.3 is 0 Å². The summed E-state index contributed by atoms with van der Waals surface area (Å²) in [6.07, 6.45) is 0. The molecule has 4 heteroatoms. The Balaban J connectivity index is 0. The van der Waals surface area contributed by atoms with Crippen LogP contribution in [0.1, 0.15) is 0 Å². The number of rotatable bonds is 0. The smallest absolute Gasteiger partial charge is 0 e. The van der Waals surface area contributed by atoms with Gasteiger partial charge in [-0.05, 0) is 0 Å². The molecule has 0 bridgehead atoms. The Morgan fingerprint density at radius 1 is 0.500 bits per heavy atom. The maximum atomic E-state index is 0. The van der Waals surface area contributed by atoms with Gasteiger partial charge in [0.15, 0.2) is 0 Å². The third-order valence-corrected chi connectivity index (χ3v) is 0. The van der Waals surface area contributed by atoms with E-state index in [0.29, 0.717) is 0 Å². The molecule has 10 radical (unpaired) electrons. The molecule has 0 saturated heterocycles. The number of hydrogen-bond acceptors (Lipinski definition) is 0. The topological polar surface area (TPSA) is 0 Å². The molecule has 0 N–H and O–H groups in total. The fraction of sp³-hybridized carbons (Fsp3) is 0. The minimum atomic E-state index is 0. The Bertz CT molecular complexity index is 4.00. The average Bonchev–Trinajstić information content (AvgIpc) is 0. The van der Waals surface area contributed by atoms with E-state index in [1.807, 2.05) is 0 Å². The second-order valence-electron chi connectivity index (χ2n) is 0. The minimum Gasteiger partial charge on any atom is 0 e. The molecule has 0 unspecified atom stereocenters. The molecule has 14 valence electrons. The van der Waals surface area contributed by atoms with Crippen molar-refractivity contribution in [3.05, 3.63) is 0 Å². The van der Waals surface area contributed by atoms with E-state index in [1.165, 1.54) is 0 Å². The molecule has 0 spiro atoms. The van der Waals surface area contributed by atoms with Crippen molar-refractivity contribution < 1.29 is 0 Å². The van der Waals surface area contributed by atoms with Crippen LogP contribution in [0.3, 0.4) is 0 Å². The first-order valence-corrected chi connectivity index (χ1v) is 0. The second-order valence-corrected chi connectivity index (χ2v) is 0. The van der Waals surface area contributed by atoms with E-state index >= 15 is 0 Å². The summed E-state index contributed by atoms with van der Waals surface area (Å²) in [4.78, 5) is 0. The molecule has 0 aliphatic rings. The minimum absolute atomic E-state index is 0. The Morgan fingerprint density at radius 2 is 0.500 bits per heavy atom. The van der Waals surface area contributed by atoms with Crippen molar-refractivity contribution in [1.82, 2.24) is 0 Å². The van der Waals surface area contributed by atoms with Gasteiger partial charge in [-0.2, -0.15) is 0 Å². The van der Waals surface area contributed by atoms with Crippen molar-refractivity contribution in [2.45, 2.75) is 0 Å². The van der Waals surface area contributed by atoms with Gasteiger partial charge in [0, 0.05) is 143 Å². The summed E-state index contributed by atoms with van der Waals surface area (Å²) in [5, 5.41) is 0. The summed E-state index contributed by atoms with van der Waals surface area (Å²) < 4.78 is 0. The van der Waals surface area contributed by atoms with Gasteiger partial charge in [-0.1, -0.05) is 0 Å². The predicted molar refractivity (Wildman–Crippen MR) is 23.0 cm³/mol. The van der Waals surface area contributed by atoms with E-state index in [0.717, 1.165) is 0 Å². The van der Waals surface area contributed by atoms with Crippen LogP contribution in [0.15, 0.2) is 0 Å². The zero-order valence-electron chi connectivity index (χ0n) is 2.31. The third kappa shape index (κ3) is 9.87. The molecule has 0 aromatic rings. The van der Waals surface area contributed by atoms with Gasteiger partial charge in [-0.15, -0.1) is 0 Å². The molecule has 0 saturated carbocycles. The molecule has 0 fully saturated rings. The van der Waals surface area contributed by atoms with E-state index in [2.05, 4.69) is 0 Å². The molecule has 0 atom stereocenters. The monoisotopic (exact) mass is 594 g/mol. The molecule has 0 aliphatic heterocycles. The van der Waals surface area contributed by atoms with Crippen molar-refractivity contribution in [3.63, 3.8) is 0 Å². The van der Waals surface area contributed by atoms with Crippen LogP contribution in [-0.4, -0.2) is 143 Å². The van der Waals surface area contributed by atoms with Gasteiger partial charge in [-0.3, -0.25) is 0 Å². The molecular weight excluding hydrogens is 593 g/mol. The van der Waals surface area contributed by atoms with Gasteiger partial charge in [-0.25, -0.2) is 0 Å². The van der Waals surface area contributed by atoms with E-state index in [1.54, 1.807) is 0 Å². The van der Waals surface area contributed by atoms with E-state index in [4.69, 9.17) is 0 Å². The van der Waals surface area contributed by atoms with Gasteiger partial charge in [0.1, 0.15) is 0 Å². The fourth-order valence-electron chi connectivity index (χ4n) is 0. The zero-order chi connectivity index (χ0) is 0. The van der Waals surface area contributed by atoms with Gasteiger partial charge in [0.2, 0.25) is 0 Å². The maximum Gasteiger partial charge on any atom is 0 e. The van der Waals surface area contributed by atoms with Gasteiger partial charge < -0.3 is 0 Å². The molecule has 0 heterocycles. The van der Waals surface area contributed by atoms with E-state index < -0.39 is 0 Å². The zero-order valence-corrected chi connectivity index (χ0v) is 16.2. The molecule has 0 rings (SSSR count). The van der Waals surface area contributed by atoms with Crippen molar-refractivity contribution in [1.29, 1.82) is 0 Å². The quantitative estimate of drug-likeness (QED) is 0.300. The van der Waals surface area contributed by atoms with Crippen LogP contribution in [0.4, 0.5) is 0 Å². The predicted octanol–water partition coefficient (Wildman–Crippen LogP) is -1.52.